The van der Waals surface area contributed by atoms with Gasteiger partial charge in [0.05, 0.1) is 0 Å². The topological polar surface area (TPSA) is 123 Å². The molecule has 0 aliphatic carbocycles. The number of carboxylic acids is 1. The van der Waals surface area contributed by atoms with Gasteiger partial charge in [0.15, 0.2) is 0 Å². The molecule has 1 saturated heterocycles. The predicted molar refractivity (Wildman–Crippen MR) is 120 cm³/mol. The fraction of sp³-hybridized carbons (Fsp3) is 0.364. The summed E-state index contributed by atoms with van der Waals surface area (Å²) in [5.74, 6) is -0.494. The van der Waals surface area contributed by atoms with E-state index in [9.17, 15) is 9.59 Å². The number of rotatable bonds is 7. The smallest absolute Gasteiger partial charge is 0.415 e. The molecule has 10 nitrogen and oxygen atoms in total. The van der Waals surface area contributed by atoms with Crippen LogP contribution in [-0.2, 0) is 17.8 Å². The second kappa shape index (κ2) is 10.4. The number of aryl methyl sites for hydroxylation is 1. The average molecular weight is 469 g/mol. The number of carbonyl (C=O) groups is 2. The summed E-state index contributed by atoms with van der Waals surface area (Å²) in [6, 6.07) is 11.5. The normalized spacial score (nSPS) is 14.3. The molecule has 0 spiro atoms. The van der Waals surface area contributed by atoms with E-state index in [1.54, 1.807) is 23.2 Å². The van der Waals surface area contributed by atoms with Crippen molar-refractivity contribution in [3.05, 3.63) is 59.4 Å². The summed E-state index contributed by atoms with van der Waals surface area (Å²) in [7, 11) is 0. The maximum atomic E-state index is 12.6. The van der Waals surface area contributed by atoms with Gasteiger partial charge in [-0.2, -0.15) is 0 Å². The maximum Gasteiger partial charge on any atom is 0.415 e. The van der Waals surface area contributed by atoms with Gasteiger partial charge in [-0.3, -0.25) is 9.78 Å². The van der Waals surface area contributed by atoms with Crippen molar-refractivity contribution >= 4 is 23.8 Å². The van der Waals surface area contributed by atoms with Gasteiger partial charge >= 0.3 is 12.1 Å². The number of tetrazole rings is 1. The van der Waals surface area contributed by atoms with E-state index in [2.05, 4.69) is 26.6 Å². The fourth-order valence-corrected chi connectivity index (χ4v) is 4.61. The predicted octanol–water partition coefficient (Wildman–Crippen LogP) is 2.81. The Morgan fingerprint density at radius 2 is 1.94 bits per heavy atom. The molecule has 0 saturated carbocycles. The van der Waals surface area contributed by atoms with Crippen molar-refractivity contribution in [3.63, 3.8) is 0 Å². The van der Waals surface area contributed by atoms with Crippen LogP contribution in [0.5, 0.6) is 5.75 Å². The van der Waals surface area contributed by atoms with Crippen LogP contribution in [0.3, 0.4) is 0 Å². The number of nitrogens with zero attached hydrogens (tertiary/aromatic N) is 6. The highest BCUT2D eigenvalue weighted by molar-refractivity contribution is 7.99. The SMILES string of the molecule is Cc1ccnc(Cc2ccc(OC(=O)N3CCC(Sc4nnnn4CC(=O)O)CC3)cc2)c1. The number of pyridine rings is 1. The van der Waals surface area contributed by atoms with Gasteiger partial charge in [-0.1, -0.05) is 23.9 Å². The zero-order valence-corrected chi connectivity index (χ0v) is 18.9. The number of benzene rings is 1. The Labute approximate surface area is 195 Å². The van der Waals surface area contributed by atoms with Crippen LogP contribution in [0.1, 0.15) is 29.7 Å². The van der Waals surface area contributed by atoms with Gasteiger partial charge < -0.3 is 14.7 Å². The van der Waals surface area contributed by atoms with Gasteiger partial charge in [0.2, 0.25) is 5.16 Å². The van der Waals surface area contributed by atoms with E-state index < -0.39 is 5.97 Å². The number of carboxylic acid groups (broad SMARTS) is 1. The number of likely N-dealkylation sites (tertiary alicyclic amines) is 1. The number of hydrogen-bond donors (Lipinski definition) is 1. The molecule has 1 aromatic carbocycles. The van der Waals surface area contributed by atoms with Crippen LogP contribution in [0.4, 0.5) is 4.79 Å². The summed E-state index contributed by atoms with van der Waals surface area (Å²) in [5, 5.41) is 20.8. The lowest BCUT2D eigenvalue weighted by Gasteiger charge is -2.30. The van der Waals surface area contributed by atoms with E-state index in [1.807, 2.05) is 25.1 Å². The summed E-state index contributed by atoms with van der Waals surface area (Å²) in [6.07, 6.45) is 3.63. The van der Waals surface area contributed by atoms with Crippen molar-refractivity contribution in [2.45, 2.75) is 43.1 Å². The number of carbonyl (C=O) groups excluding carboxylic acids is 1. The molecule has 33 heavy (non-hydrogen) atoms. The molecule has 3 aromatic rings. The quantitative estimate of drug-likeness (QED) is 0.557. The van der Waals surface area contributed by atoms with Crippen LogP contribution >= 0.6 is 11.8 Å². The third kappa shape index (κ3) is 6.28. The standard InChI is InChI=1S/C22H24N6O4S/c1-15-6-9-23-17(12-15)13-16-2-4-18(5-3-16)32-22(31)27-10-7-19(8-11-27)33-21-24-25-26-28(21)14-20(29)30/h2-6,9,12,19H,7-8,10-11,13-14H2,1H3,(H,29,30). The van der Waals surface area contributed by atoms with Gasteiger partial charge in [-0.15, -0.1) is 5.10 Å². The maximum absolute atomic E-state index is 12.6. The summed E-state index contributed by atoms with van der Waals surface area (Å²) in [6.45, 7) is 2.86. The van der Waals surface area contributed by atoms with E-state index >= 15 is 0 Å². The van der Waals surface area contributed by atoms with E-state index in [-0.39, 0.29) is 17.9 Å². The van der Waals surface area contributed by atoms with Crippen molar-refractivity contribution in [2.75, 3.05) is 13.1 Å². The molecule has 1 aliphatic rings. The molecule has 0 unspecified atom stereocenters. The first kappa shape index (κ1) is 22.7. The number of piperidine rings is 1. The molecule has 1 N–H and O–H groups in total. The van der Waals surface area contributed by atoms with E-state index in [0.717, 1.165) is 30.5 Å². The number of ether oxygens (including phenoxy) is 1. The van der Waals surface area contributed by atoms with E-state index in [4.69, 9.17) is 9.84 Å². The van der Waals surface area contributed by atoms with Crippen LogP contribution in [0.25, 0.3) is 0 Å². The second-order valence-corrected chi connectivity index (χ2v) is 9.10. The van der Waals surface area contributed by atoms with Crippen LogP contribution in [0, 0.1) is 6.92 Å². The second-order valence-electron chi connectivity index (χ2n) is 7.83. The van der Waals surface area contributed by atoms with Crippen molar-refractivity contribution in [3.8, 4) is 5.75 Å². The molecule has 172 valence electrons. The van der Waals surface area contributed by atoms with Gasteiger partial charge in [0, 0.05) is 36.7 Å². The number of aromatic nitrogens is 5. The largest absolute Gasteiger partial charge is 0.480 e. The Kier molecular flexibility index (Phi) is 7.18. The molecule has 11 heteroatoms. The fourth-order valence-electron chi connectivity index (χ4n) is 3.56. The van der Waals surface area contributed by atoms with Gasteiger partial charge in [0.25, 0.3) is 0 Å². The molecular weight excluding hydrogens is 444 g/mol. The van der Waals surface area contributed by atoms with Gasteiger partial charge in [-0.25, -0.2) is 9.48 Å². The monoisotopic (exact) mass is 468 g/mol. The Morgan fingerprint density at radius 1 is 1.18 bits per heavy atom. The molecular formula is C22H24N6O4S. The molecule has 0 atom stereocenters. The lowest BCUT2D eigenvalue weighted by Crippen LogP contribution is -2.41. The Balaban J connectivity index is 1.25. The first-order chi connectivity index (χ1) is 16.0. The van der Waals surface area contributed by atoms with Gasteiger partial charge in [0.1, 0.15) is 12.3 Å². The van der Waals surface area contributed by atoms with Crippen LogP contribution in [0.2, 0.25) is 0 Å². The van der Waals surface area contributed by atoms with Crippen molar-refractivity contribution < 1.29 is 19.4 Å². The minimum Gasteiger partial charge on any atom is -0.480 e. The van der Waals surface area contributed by atoms with Crippen molar-refractivity contribution in [1.82, 2.24) is 30.1 Å². The highest BCUT2D eigenvalue weighted by atomic mass is 32.2. The number of aliphatic carboxylic acids is 1. The summed E-state index contributed by atoms with van der Waals surface area (Å²) < 4.78 is 6.82. The average Bonchev–Trinajstić information content (AvgIpc) is 3.21. The Bertz CT molecular complexity index is 1110. The van der Waals surface area contributed by atoms with E-state index in [0.29, 0.717) is 24.0 Å². The van der Waals surface area contributed by atoms with E-state index in [1.165, 1.54) is 22.0 Å². The molecule has 3 heterocycles. The molecule has 4 rings (SSSR count). The van der Waals surface area contributed by atoms with Crippen molar-refractivity contribution in [2.24, 2.45) is 0 Å². The minimum absolute atomic E-state index is 0.196. The van der Waals surface area contributed by atoms with Crippen LogP contribution in [-0.4, -0.2) is 65.6 Å². The summed E-state index contributed by atoms with van der Waals surface area (Å²) >= 11 is 1.44. The summed E-state index contributed by atoms with van der Waals surface area (Å²) in [5.41, 5.74) is 3.26. The summed E-state index contributed by atoms with van der Waals surface area (Å²) in [4.78, 5) is 29.5. The first-order valence-electron chi connectivity index (χ1n) is 10.6. The zero-order valence-electron chi connectivity index (χ0n) is 18.1. The lowest BCUT2D eigenvalue weighted by atomic mass is 10.1. The highest BCUT2D eigenvalue weighted by Gasteiger charge is 2.26. The minimum atomic E-state index is -0.999. The first-order valence-corrected chi connectivity index (χ1v) is 11.5. The molecule has 1 aliphatic heterocycles. The molecule has 1 fully saturated rings. The molecule has 0 bridgehead atoms. The number of thioether (sulfide) groups is 1. The number of amides is 1. The van der Waals surface area contributed by atoms with Gasteiger partial charge in [-0.05, 0) is 65.6 Å². The third-order valence-corrected chi connectivity index (χ3v) is 6.55. The van der Waals surface area contributed by atoms with Crippen LogP contribution < -0.4 is 4.74 Å². The Morgan fingerprint density at radius 3 is 2.64 bits per heavy atom. The van der Waals surface area contributed by atoms with Crippen LogP contribution in [0.15, 0.2) is 47.8 Å². The zero-order chi connectivity index (χ0) is 23.2. The molecule has 0 radical (unpaired) electrons. The number of hydrogen-bond acceptors (Lipinski definition) is 8. The molecule has 1 amide bonds. The lowest BCUT2D eigenvalue weighted by molar-refractivity contribution is -0.138. The van der Waals surface area contributed by atoms with Crippen molar-refractivity contribution in [1.29, 1.82) is 0 Å². The third-order valence-electron chi connectivity index (χ3n) is 5.24. The highest BCUT2D eigenvalue weighted by Crippen LogP contribution is 2.29. The molecule has 2 aromatic heterocycles. The Hall–Kier alpha value is -3.47.